The monoisotopic (exact) mass is 316 g/mol. The van der Waals surface area contributed by atoms with Crippen molar-refractivity contribution in [3.05, 3.63) is 40.7 Å². The molecule has 23 heavy (non-hydrogen) atoms. The molecule has 2 aromatic heterocycles. The van der Waals surface area contributed by atoms with E-state index in [0.717, 1.165) is 5.56 Å². The number of aryl methyl sites for hydroxylation is 1. The highest BCUT2D eigenvalue weighted by atomic mass is 16.5. The highest BCUT2D eigenvalue weighted by Gasteiger charge is 2.10. The Morgan fingerprint density at radius 2 is 2.00 bits per heavy atom. The first-order valence-corrected chi connectivity index (χ1v) is 6.85. The average Bonchev–Trinajstić information content (AvgIpc) is 3.14. The van der Waals surface area contributed by atoms with Crippen molar-refractivity contribution in [2.24, 2.45) is 7.05 Å². The van der Waals surface area contributed by atoms with Crippen LogP contribution in [0.5, 0.6) is 11.5 Å². The van der Waals surface area contributed by atoms with Crippen molar-refractivity contribution in [1.82, 2.24) is 29.8 Å². The van der Waals surface area contributed by atoms with E-state index in [1.54, 1.807) is 32.1 Å². The van der Waals surface area contributed by atoms with Gasteiger partial charge in [-0.3, -0.25) is 4.98 Å². The van der Waals surface area contributed by atoms with Gasteiger partial charge in [-0.1, -0.05) is 5.21 Å². The van der Waals surface area contributed by atoms with Gasteiger partial charge >= 0.3 is 5.69 Å². The van der Waals surface area contributed by atoms with Gasteiger partial charge in [0.1, 0.15) is 12.2 Å². The van der Waals surface area contributed by atoms with Crippen LogP contribution in [0.1, 0.15) is 5.82 Å². The maximum absolute atomic E-state index is 11.4. The van der Waals surface area contributed by atoms with E-state index in [-0.39, 0.29) is 5.69 Å². The maximum atomic E-state index is 11.4. The molecule has 0 saturated carbocycles. The number of aromatic amines is 1. The smallest absolute Gasteiger partial charge is 0.343 e. The summed E-state index contributed by atoms with van der Waals surface area (Å²) >= 11 is 0. The number of nitrogens with zero attached hydrogens (tertiary/aromatic N) is 5. The van der Waals surface area contributed by atoms with Crippen molar-refractivity contribution < 1.29 is 9.47 Å². The summed E-state index contributed by atoms with van der Waals surface area (Å²) in [4.78, 5) is 14.0. The Balaban J connectivity index is 1.85. The predicted octanol–water partition coefficient (Wildman–Crippen LogP) is 0.432. The molecule has 0 spiro atoms. The molecule has 0 unspecified atom stereocenters. The molecule has 0 saturated heterocycles. The fourth-order valence-electron chi connectivity index (χ4n) is 2.18. The number of hydrogen-bond acceptors (Lipinski definition) is 6. The number of H-pyrrole nitrogens is 1. The van der Waals surface area contributed by atoms with Gasteiger partial charge in [-0.25, -0.2) is 14.2 Å². The van der Waals surface area contributed by atoms with Crippen molar-refractivity contribution in [1.29, 1.82) is 0 Å². The van der Waals surface area contributed by atoms with Gasteiger partial charge in [0.2, 0.25) is 0 Å². The standard InChI is InChI=1S/C14H16N6O3/c1-19-14(21)15-13(17-19)8-20-7-10(16-18-20)9-4-5-11(22-2)12(6-9)23-3/h4-7H,8H2,1-3H3,(H,15,17,21). The molecule has 0 aliphatic rings. The molecule has 0 aliphatic heterocycles. The minimum atomic E-state index is -0.264. The van der Waals surface area contributed by atoms with Crippen LogP contribution in [0.4, 0.5) is 0 Å². The molecular weight excluding hydrogens is 300 g/mol. The molecule has 0 fully saturated rings. The lowest BCUT2D eigenvalue weighted by Gasteiger charge is -2.07. The first-order chi connectivity index (χ1) is 11.1. The Morgan fingerprint density at radius 3 is 2.65 bits per heavy atom. The van der Waals surface area contributed by atoms with E-state index in [9.17, 15) is 4.79 Å². The normalized spacial score (nSPS) is 10.7. The third-order valence-electron chi connectivity index (χ3n) is 3.35. The lowest BCUT2D eigenvalue weighted by atomic mass is 10.1. The number of rotatable bonds is 5. The van der Waals surface area contributed by atoms with E-state index < -0.39 is 0 Å². The number of hydrogen-bond donors (Lipinski definition) is 1. The quantitative estimate of drug-likeness (QED) is 0.733. The molecule has 3 rings (SSSR count). The number of methoxy groups -OCH3 is 2. The zero-order chi connectivity index (χ0) is 16.4. The highest BCUT2D eigenvalue weighted by molar-refractivity contribution is 5.63. The minimum absolute atomic E-state index is 0.264. The van der Waals surface area contributed by atoms with Crippen molar-refractivity contribution in [2.45, 2.75) is 6.54 Å². The second-order valence-electron chi connectivity index (χ2n) is 4.87. The molecule has 1 N–H and O–H groups in total. The molecule has 9 heteroatoms. The van der Waals surface area contributed by atoms with Crippen LogP contribution < -0.4 is 15.2 Å². The Kier molecular flexibility index (Phi) is 3.83. The molecular formula is C14H16N6O3. The van der Waals surface area contributed by atoms with Gasteiger partial charge < -0.3 is 9.47 Å². The summed E-state index contributed by atoms with van der Waals surface area (Å²) in [5.74, 6) is 1.78. The SMILES string of the molecule is COc1ccc(-c2cn(Cc3nn(C)c(=O)[nH]3)nn2)cc1OC. The zero-order valence-corrected chi connectivity index (χ0v) is 13.0. The molecule has 1 aromatic carbocycles. The molecule has 0 aliphatic carbocycles. The van der Waals surface area contributed by atoms with E-state index in [1.165, 1.54) is 4.68 Å². The molecule has 120 valence electrons. The highest BCUT2D eigenvalue weighted by Crippen LogP contribution is 2.31. The molecule has 0 atom stereocenters. The first-order valence-electron chi connectivity index (χ1n) is 6.85. The third-order valence-corrected chi connectivity index (χ3v) is 3.35. The van der Waals surface area contributed by atoms with Gasteiger partial charge in [0, 0.05) is 12.6 Å². The summed E-state index contributed by atoms with van der Waals surface area (Å²) in [6.07, 6.45) is 1.77. The summed E-state index contributed by atoms with van der Waals surface area (Å²) < 4.78 is 13.3. The lowest BCUT2D eigenvalue weighted by Crippen LogP contribution is -2.13. The van der Waals surface area contributed by atoms with E-state index in [4.69, 9.17) is 9.47 Å². The topological polar surface area (TPSA) is 99.9 Å². The van der Waals surface area contributed by atoms with E-state index in [1.807, 2.05) is 18.2 Å². The molecule has 2 heterocycles. The lowest BCUT2D eigenvalue weighted by molar-refractivity contribution is 0.355. The predicted molar refractivity (Wildman–Crippen MR) is 81.5 cm³/mol. The average molecular weight is 316 g/mol. The zero-order valence-electron chi connectivity index (χ0n) is 13.0. The van der Waals surface area contributed by atoms with Crippen molar-refractivity contribution >= 4 is 0 Å². The van der Waals surface area contributed by atoms with Crippen LogP contribution in [0.2, 0.25) is 0 Å². The first kappa shape index (κ1) is 14.8. The van der Waals surface area contributed by atoms with E-state index in [2.05, 4.69) is 20.4 Å². The van der Waals surface area contributed by atoms with Gasteiger partial charge in [-0.05, 0) is 18.2 Å². The fraction of sp³-hybridized carbons (Fsp3) is 0.286. The summed E-state index contributed by atoms with van der Waals surface area (Å²) in [5.41, 5.74) is 1.27. The molecule has 0 bridgehead atoms. The van der Waals surface area contributed by atoms with Crippen LogP contribution in [0.3, 0.4) is 0 Å². The van der Waals surface area contributed by atoms with Crippen LogP contribution in [0.25, 0.3) is 11.3 Å². The fourth-order valence-corrected chi connectivity index (χ4v) is 2.18. The summed E-state index contributed by atoms with van der Waals surface area (Å²) in [7, 11) is 4.75. The largest absolute Gasteiger partial charge is 0.493 e. The van der Waals surface area contributed by atoms with Crippen LogP contribution in [-0.2, 0) is 13.6 Å². The number of nitrogens with one attached hydrogen (secondary N) is 1. The Hall–Kier alpha value is -3.10. The van der Waals surface area contributed by atoms with Gasteiger partial charge in [0.15, 0.2) is 17.3 Å². The molecule has 0 radical (unpaired) electrons. The second-order valence-corrected chi connectivity index (χ2v) is 4.87. The van der Waals surface area contributed by atoms with E-state index in [0.29, 0.717) is 29.6 Å². The Bertz CT molecular complexity index is 879. The minimum Gasteiger partial charge on any atom is -0.493 e. The van der Waals surface area contributed by atoms with Crippen LogP contribution in [0.15, 0.2) is 29.2 Å². The van der Waals surface area contributed by atoms with Crippen LogP contribution in [0, 0.1) is 0 Å². The van der Waals surface area contributed by atoms with Crippen molar-refractivity contribution in [2.75, 3.05) is 14.2 Å². The summed E-state index contributed by atoms with van der Waals surface area (Å²) in [5, 5.41) is 12.2. The number of ether oxygens (including phenoxy) is 2. The van der Waals surface area contributed by atoms with E-state index >= 15 is 0 Å². The maximum Gasteiger partial charge on any atom is 0.343 e. The molecule has 0 amide bonds. The van der Waals surface area contributed by atoms with Gasteiger partial charge in [0.25, 0.3) is 0 Å². The van der Waals surface area contributed by atoms with Crippen LogP contribution >= 0.6 is 0 Å². The number of benzene rings is 1. The second kappa shape index (κ2) is 5.95. The molecule has 3 aromatic rings. The van der Waals surface area contributed by atoms with Crippen LogP contribution in [-0.4, -0.2) is 44.0 Å². The third kappa shape index (κ3) is 2.93. The van der Waals surface area contributed by atoms with Gasteiger partial charge in [-0.2, -0.15) is 5.10 Å². The molecule has 9 nitrogen and oxygen atoms in total. The summed E-state index contributed by atoms with van der Waals surface area (Å²) in [6, 6.07) is 5.51. The Labute approximate surface area is 131 Å². The Morgan fingerprint density at radius 1 is 1.22 bits per heavy atom. The van der Waals surface area contributed by atoms with Gasteiger partial charge in [-0.15, -0.1) is 5.10 Å². The van der Waals surface area contributed by atoms with Gasteiger partial charge in [0.05, 0.1) is 20.4 Å². The number of aromatic nitrogens is 6. The summed E-state index contributed by atoms with van der Waals surface area (Å²) in [6.45, 7) is 0.330. The van der Waals surface area contributed by atoms with Crippen molar-refractivity contribution in [3.63, 3.8) is 0 Å². The van der Waals surface area contributed by atoms with Crippen molar-refractivity contribution in [3.8, 4) is 22.8 Å².